The molecule has 0 atom stereocenters. The van der Waals surface area contributed by atoms with Crippen LogP contribution in [0.3, 0.4) is 0 Å². The van der Waals surface area contributed by atoms with Crippen molar-refractivity contribution in [3.63, 3.8) is 0 Å². The Kier molecular flexibility index (Phi) is 4.30. The van der Waals surface area contributed by atoms with Gasteiger partial charge in [-0.3, -0.25) is 9.59 Å². The van der Waals surface area contributed by atoms with E-state index in [2.05, 4.69) is 62.4 Å². The number of carbonyl (C=O) groups excluding carboxylic acids is 2. The summed E-state index contributed by atoms with van der Waals surface area (Å²) >= 11 is 0. The van der Waals surface area contributed by atoms with Gasteiger partial charge in [-0.1, -0.05) is 98.8 Å². The summed E-state index contributed by atoms with van der Waals surface area (Å²) in [6, 6.07) is 28.9. The molecule has 0 N–H and O–H groups in total. The lowest BCUT2D eigenvalue weighted by Crippen LogP contribution is -2.25. The molecule has 0 saturated heterocycles. The first-order valence-electron chi connectivity index (χ1n) is 12.6. The van der Waals surface area contributed by atoms with Crippen molar-refractivity contribution in [2.75, 3.05) is 14.1 Å². The van der Waals surface area contributed by atoms with Crippen molar-refractivity contribution >= 4 is 34.0 Å². The molecular formula is C33H26N2O2. The van der Waals surface area contributed by atoms with Gasteiger partial charge in [0.25, 0.3) is 11.8 Å². The summed E-state index contributed by atoms with van der Waals surface area (Å²) < 4.78 is 0. The first-order valence-corrected chi connectivity index (χ1v) is 12.6. The van der Waals surface area contributed by atoms with E-state index in [4.69, 9.17) is 0 Å². The number of carbonyl (C=O) groups is 2. The second kappa shape index (κ2) is 7.30. The van der Waals surface area contributed by atoms with Crippen LogP contribution in [0.5, 0.6) is 0 Å². The SMILES string of the molecule is CN1C(=O)C2=C(c3cccc4ccccc34)N(C)C(=O)C2=C1c1cccc2c1-c1ccccc1C2(C)C. The molecule has 0 radical (unpaired) electrons. The maximum absolute atomic E-state index is 13.9. The quantitative estimate of drug-likeness (QED) is 0.341. The highest BCUT2D eigenvalue weighted by Gasteiger charge is 2.48. The average Bonchev–Trinajstić information content (AvgIpc) is 3.42. The molecule has 2 amide bonds. The summed E-state index contributed by atoms with van der Waals surface area (Å²) in [6.07, 6.45) is 0. The van der Waals surface area contributed by atoms with E-state index in [0.29, 0.717) is 22.5 Å². The Labute approximate surface area is 216 Å². The van der Waals surface area contributed by atoms with E-state index in [1.165, 1.54) is 11.1 Å². The zero-order chi connectivity index (χ0) is 25.6. The van der Waals surface area contributed by atoms with Crippen molar-refractivity contribution in [2.45, 2.75) is 19.3 Å². The number of hydrogen-bond donors (Lipinski definition) is 0. The van der Waals surface area contributed by atoms with E-state index in [1.807, 2.05) is 36.4 Å². The number of nitrogens with zero attached hydrogens (tertiary/aromatic N) is 2. The van der Waals surface area contributed by atoms with E-state index in [-0.39, 0.29) is 17.2 Å². The normalized spacial score (nSPS) is 17.7. The van der Waals surface area contributed by atoms with Gasteiger partial charge in [0, 0.05) is 30.6 Å². The van der Waals surface area contributed by atoms with Crippen LogP contribution in [0.4, 0.5) is 0 Å². The molecule has 1 aliphatic carbocycles. The molecule has 0 bridgehead atoms. The number of amides is 2. The van der Waals surface area contributed by atoms with Crippen LogP contribution in [-0.4, -0.2) is 35.7 Å². The molecule has 2 heterocycles. The van der Waals surface area contributed by atoms with E-state index in [0.717, 1.165) is 33.0 Å². The highest BCUT2D eigenvalue weighted by atomic mass is 16.2. The Morgan fingerprint density at radius 2 is 1.08 bits per heavy atom. The van der Waals surface area contributed by atoms with E-state index in [9.17, 15) is 9.59 Å². The van der Waals surface area contributed by atoms with E-state index >= 15 is 0 Å². The number of rotatable bonds is 2. The number of hydrogen-bond acceptors (Lipinski definition) is 2. The molecule has 7 rings (SSSR count). The summed E-state index contributed by atoms with van der Waals surface area (Å²) in [4.78, 5) is 31.1. The highest BCUT2D eigenvalue weighted by Crippen LogP contribution is 2.54. The Morgan fingerprint density at radius 1 is 0.568 bits per heavy atom. The molecule has 4 heteroatoms. The van der Waals surface area contributed by atoms with Gasteiger partial charge in [0.15, 0.2) is 0 Å². The fourth-order valence-corrected chi connectivity index (χ4v) is 6.54. The van der Waals surface area contributed by atoms with Gasteiger partial charge in [-0.05, 0) is 33.0 Å². The van der Waals surface area contributed by atoms with E-state index < -0.39 is 0 Å². The lowest BCUT2D eigenvalue weighted by molar-refractivity contribution is -0.123. The summed E-state index contributed by atoms with van der Waals surface area (Å²) in [5.41, 5.74) is 8.76. The predicted molar refractivity (Wildman–Crippen MR) is 147 cm³/mol. The van der Waals surface area contributed by atoms with Gasteiger partial charge in [-0.2, -0.15) is 0 Å². The third kappa shape index (κ3) is 2.67. The van der Waals surface area contributed by atoms with Crippen molar-refractivity contribution in [3.8, 4) is 11.1 Å². The first kappa shape index (κ1) is 21.8. The maximum Gasteiger partial charge on any atom is 0.261 e. The molecule has 3 aliphatic rings. The maximum atomic E-state index is 13.9. The minimum Gasteiger partial charge on any atom is -0.310 e. The Balaban J connectivity index is 1.55. The van der Waals surface area contributed by atoms with Gasteiger partial charge in [0.1, 0.15) is 0 Å². The Hall–Kier alpha value is -4.44. The molecule has 180 valence electrons. The van der Waals surface area contributed by atoms with Crippen LogP contribution in [-0.2, 0) is 15.0 Å². The van der Waals surface area contributed by atoms with Crippen molar-refractivity contribution in [2.24, 2.45) is 0 Å². The third-order valence-electron chi connectivity index (χ3n) is 8.34. The van der Waals surface area contributed by atoms with Crippen LogP contribution in [0.1, 0.15) is 36.1 Å². The molecular weight excluding hydrogens is 456 g/mol. The van der Waals surface area contributed by atoms with Crippen LogP contribution in [0.25, 0.3) is 33.3 Å². The van der Waals surface area contributed by atoms with Crippen molar-refractivity contribution < 1.29 is 9.59 Å². The fourth-order valence-electron chi connectivity index (χ4n) is 6.54. The van der Waals surface area contributed by atoms with Gasteiger partial charge in [-0.25, -0.2) is 0 Å². The summed E-state index contributed by atoms with van der Waals surface area (Å²) in [7, 11) is 3.56. The molecule has 37 heavy (non-hydrogen) atoms. The largest absolute Gasteiger partial charge is 0.310 e. The van der Waals surface area contributed by atoms with Crippen LogP contribution >= 0.6 is 0 Å². The minimum absolute atomic E-state index is 0.145. The minimum atomic E-state index is -0.169. The van der Waals surface area contributed by atoms with Gasteiger partial charge >= 0.3 is 0 Å². The van der Waals surface area contributed by atoms with Gasteiger partial charge < -0.3 is 9.80 Å². The summed E-state index contributed by atoms with van der Waals surface area (Å²) in [6.45, 7) is 4.47. The lowest BCUT2D eigenvalue weighted by atomic mass is 9.82. The fraction of sp³-hybridized carbons (Fsp3) is 0.152. The second-order valence-corrected chi connectivity index (χ2v) is 10.6. The topological polar surface area (TPSA) is 40.6 Å². The molecule has 4 aromatic rings. The number of benzene rings is 4. The van der Waals surface area contributed by atoms with Crippen LogP contribution in [0.15, 0.2) is 96.1 Å². The monoisotopic (exact) mass is 482 g/mol. The van der Waals surface area contributed by atoms with Gasteiger partial charge in [-0.15, -0.1) is 0 Å². The highest BCUT2D eigenvalue weighted by molar-refractivity contribution is 6.31. The molecule has 0 fully saturated rings. The standard InChI is InChI=1S/C33H26N2O2/c1-33(2)24-17-8-7-14-22(24)26-23(16-10-18-25(26)33)30-28-27(31(36)35(30)4)29(34(3)32(28)37)21-15-9-12-19-11-5-6-13-20(19)21/h5-18H,1-4H3. The van der Waals surface area contributed by atoms with Crippen LogP contribution in [0, 0.1) is 0 Å². The number of fused-ring (bicyclic) bond motifs is 5. The molecule has 4 aromatic carbocycles. The van der Waals surface area contributed by atoms with Crippen LogP contribution in [0.2, 0.25) is 0 Å². The summed E-state index contributed by atoms with van der Waals surface area (Å²) in [5, 5.41) is 2.10. The van der Waals surface area contributed by atoms with Gasteiger partial charge in [0.2, 0.25) is 0 Å². The third-order valence-corrected chi connectivity index (χ3v) is 8.34. The first-order chi connectivity index (χ1) is 17.8. The Bertz CT molecular complexity index is 1770. The zero-order valence-corrected chi connectivity index (χ0v) is 21.3. The summed E-state index contributed by atoms with van der Waals surface area (Å²) in [5.74, 6) is -0.289. The predicted octanol–water partition coefficient (Wildman–Crippen LogP) is 6.21. The molecule has 2 aliphatic heterocycles. The lowest BCUT2D eigenvalue weighted by Gasteiger charge is -2.23. The van der Waals surface area contributed by atoms with Crippen molar-refractivity contribution in [1.82, 2.24) is 9.80 Å². The molecule has 0 saturated carbocycles. The molecule has 4 nitrogen and oxygen atoms in total. The van der Waals surface area contributed by atoms with Crippen molar-refractivity contribution in [1.29, 1.82) is 0 Å². The smallest absolute Gasteiger partial charge is 0.261 e. The zero-order valence-electron chi connectivity index (χ0n) is 21.3. The van der Waals surface area contributed by atoms with Gasteiger partial charge in [0.05, 0.1) is 22.5 Å². The van der Waals surface area contributed by atoms with Crippen molar-refractivity contribution in [3.05, 3.63) is 118 Å². The molecule has 0 aromatic heterocycles. The Morgan fingerprint density at radius 3 is 1.84 bits per heavy atom. The van der Waals surface area contributed by atoms with E-state index in [1.54, 1.807) is 23.9 Å². The average molecular weight is 483 g/mol. The van der Waals surface area contributed by atoms with Crippen LogP contribution < -0.4 is 0 Å². The molecule has 0 unspecified atom stereocenters. The molecule has 0 spiro atoms. The number of likely N-dealkylation sites (N-methyl/N-ethyl adjacent to an activating group) is 2. The second-order valence-electron chi connectivity index (χ2n) is 10.6.